The van der Waals surface area contributed by atoms with E-state index in [9.17, 15) is 4.39 Å². The second-order valence-electron chi connectivity index (χ2n) is 6.69. The fourth-order valence-corrected chi connectivity index (χ4v) is 3.70. The van der Waals surface area contributed by atoms with E-state index in [1.165, 1.54) is 19.3 Å². The molecule has 1 N–H and O–H groups in total. The van der Waals surface area contributed by atoms with Gasteiger partial charge in [0.1, 0.15) is 5.82 Å². The number of benzene rings is 1. The van der Waals surface area contributed by atoms with Crippen LogP contribution in [-0.4, -0.2) is 13.6 Å². The van der Waals surface area contributed by atoms with Crippen molar-refractivity contribution < 1.29 is 4.39 Å². The fraction of sp³-hybridized carbons (Fsp3) is 0.667. The number of nitrogens with one attached hydrogen (secondary N) is 1. The zero-order valence-electron chi connectivity index (χ0n) is 13.0. The van der Waals surface area contributed by atoms with Gasteiger partial charge in [-0.2, -0.15) is 0 Å². The number of rotatable bonds is 5. The Labute approximate surface area is 123 Å². The summed E-state index contributed by atoms with van der Waals surface area (Å²) in [7, 11) is 2.02. The highest BCUT2D eigenvalue weighted by molar-refractivity contribution is 5.18. The van der Waals surface area contributed by atoms with E-state index in [4.69, 9.17) is 0 Å². The van der Waals surface area contributed by atoms with Gasteiger partial charge >= 0.3 is 0 Å². The van der Waals surface area contributed by atoms with E-state index in [1.807, 2.05) is 19.2 Å². The second kappa shape index (κ2) is 7.21. The smallest absolute Gasteiger partial charge is 0.126 e. The van der Waals surface area contributed by atoms with Crippen LogP contribution in [0.25, 0.3) is 0 Å². The Kier molecular flexibility index (Phi) is 5.59. The van der Waals surface area contributed by atoms with E-state index in [-0.39, 0.29) is 5.82 Å². The molecule has 0 aliphatic heterocycles. The highest BCUT2D eigenvalue weighted by Gasteiger charge is 2.31. The molecule has 1 aliphatic carbocycles. The molecule has 0 spiro atoms. The number of hydrogen-bond donors (Lipinski definition) is 1. The average Bonchev–Trinajstić information content (AvgIpc) is 2.43. The van der Waals surface area contributed by atoms with Crippen molar-refractivity contribution in [1.29, 1.82) is 0 Å². The van der Waals surface area contributed by atoms with Gasteiger partial charge in [0, 0.05) is 0 Å². The van der Waals surface area contributed by atoms with E-state index in [0.29, 0.717) is 11.8 Å². The predicted octanol–water partition coefficient (Wildman–Crippen LogP) is 4.28. The molecular formula is C18H28FN. The van der Waals surface area contributed by atoms with Gasteiger partial charge in [-0.1, -0.05) is 32.0 Å². The number of halogens is 1. The summed E-state index contributed by atoms with van der Waals surface area (Å²) < 4.78 is 13.9. The minimum absolute atomic E-state index is 0.0395. The first-order chi connectivity index (χ1) is 9.61. The van der Waals surface area contributed by atoms with Gasteiger partial charge in [-0.3, -0.25) is 0 Å². The standard InChI is InChI=1S/C18H28FN/c1-13(2)14-8-9-16(12-20-3)17(10-14)11-15-6-4-5-7-18(15)19/h4-7,13-14,16-17,20H,8-12H2,1-3H3. The van der Waals surface area contributed by atoms with Crippen molar-refractivity contribution in [2.45, 2.75) is 39.5 Å². The van der Waals surface area contributed by atoms with Crippen LogP contribution in [0.5, 0.6) is 0 Å². The van der Waals surface area contributed by atoms with E-state index in [2.05, 4.69) is 19.2 Å². The molecule has 3 unspecified atom stereocenters. The highest BCUT2D eigenvalue weighted by Crippen LogP contribution is 2.39. The average molecular weight is 277 g/mol. The molecule has 1 fully saturated rings. The van der Waals surface area contributed by atoms with Crippen molar-refractivity contribution in [1.82, 2.24) is 5.32 Å². The van der Waals surface area contributed by atoms with Crippen LogP contribution in [0, 0.1) is 29.5 Å². The van der Waals surface area contributed by atoms with Crippen LogP contribution in [0.4, 0.5) is 4.39 Å². The molecule has 2 heteroatoms. The molecule has 0 bridgehead atoms. The molecule has 1 aromatic rings. The Bertz CT molecular complexity index is 416. The van der Waals surface area contributed by atoms with Crippen LogP contribution < -0.4 is 5.32 Å². The molecule has 1 nitrogen and oxygen atoms in total. The van der Waals surface area contributed by atoms with Gasteiger partial charge in [-0.25, -0.2) is 4.39 Å². The van der Waals surface area contributed by atoms with Crippen molar-refractivity contribution >= 4 is 0 Å². The maximum Gasteiger partial charge on any atom is 0.126 e. The summed E-state index contributed by atoms with van der Waals surface area (Å²) in [4.78, 5) is 0. The van der Waals surface area contributed by atoms with Gasteiger partial charge in [0.15, 0.2) is 0 Å². The third-order valence-corrected chi connectivity index (χ3v) is 5.03. The Hall–Kier alpha value is -0.890. The van der Waals surface area contributed by atoms with Crippen molar-refractivity contribution in [3.63, 3.8) is 0 Å². The summed E-state index contributed by atoms with van der Waals surface area (Å²) in [5, 5.41) is 3.32. The lowest BCUT2D eigenvalue weighted by molar-refractivity contribution is 0.145. The van der Waals surface area contributed by atoms with Crippen LogP contribution in [0.15, 0.2) is 24.3 Å². The van der Waals surface area contributed by atoms with Crippen LogP contribution in [0.1, 0.15) is 38.7 Å². The van der Waals surface area contributed by atoms with Crippen molar-refractivity contribution in [2.75, 3.05) is 13.6 Å². The highest BCUT2D eigenvalue weighted by atomic mass is 19.1. The second-order valence-corrected chi connectivity index (χ2v) is 6.69. The van der Waals surface area contributed by atoms with Crippen LogP contribution >= 0.6 is 0 Å². The molecule has 1 aromatic carbocycles. The predicted molar refractivity (Wildman–Crippen MR) is 83.2 cm³/mol. The van der Waals surface area contributed by atoms with Gasteiger partial charge in [0.25, 0.3) is 0 Å². The van der Waals surface area contributed by atoms with Crippen molar-refractivity contribution in [3.8, 4) is 0 Å². The van der Waals surface area contributed by atoms with Crippen molar-refractivity contribution in [2.24, 2.45) is 23.7 Å². The molecule has 0 aromatic heterocycles. The SMILES string of the molecule is CNCC1CCC(C(C)C)CC1Cc1ccccc1F. The first-order valence-electron chi connectivity index (χ1n) is 7.99. The third-order valence-electron chi connectivity index (χ3n) is 5.03. The van der Waals surface area contributed by atoms with E-state index in [0.717, 1.165) is 30.4 Å². The monoisotopic (exact) mass is 277 g/mol. The molecular weight excluding hydrogens is 249 g/mol. The summed E-state index contributed by atoms with van der Waals surface area (Å²) in [6, 6.07) is 7.27. The zero-order valence-corrected chi connectivity index (χ0v) is 13.0. The summed E-state index contributed by atoms with van der Waals surface area (Å²) in [5.74, 6) is 2.81. The molecule has 0 amide bonds. The molecule has 0 heterocycles. The third kappa shape index (κ3) is 3.82. The lowest BCUT2D eigenvalue weighted by atomic mass is 9.68. The molecule has 112 valence electrons. The largest absolute Gasteiger partial charge is 0.319 e. The van der Waals surface area contributed by atoms with Crippen molar-refractivity contribution in [3.05, 3.63) is 35.6 Å². The van der Waals surface area contributed by atoms with E-state index >= 15 is 0 Å². The molecule has 2 rings (SSSR count). The molecule has 1 aliphatic rings. The molecule has 1 saturated carbocycles. The Morgan fingerprint density at radius 2 is 1.95 bits per heavy atom. The van der Waals surface area contributed by atoms with E-state index < -0.39 is 0 Å². The summed E-state index contributed by atoms with van der Waals surface area (Å²) in [6.07, 6.45) is 4.75. The van der Waals surface area contributed by atoms with Gasteiger partial charge in [-0.05, 0) is 74.6 Å². The summed E-state index contributed by atoms with van der Waals surface area (Å²) in [5.41, 5.74) is 0.892. The lowest BCUT2D eigenvalue weighted by Crippen LogP contribution is -2.34. The summed E-state index contributed by atoms with van der Waals surface area (Å²) in [6.45, 7) is 5.70. The van der Waals surface area contributed by atoms with Crippen LogP contribution in [0.3, 0.4) is 0 Å². The Morgan fingerprint density at radius 3 is 2.60 bits per heavy atom. The molecule has 3 atom stereocenters. The Morgan fingerprint density at radius 1 is 1.20 bits per heavy atom. The van der Waals surface area contributed by atoms with Gasteiger partial charge in [0.05, 0.1) is 0 Å². The first kappa shape index (κ1) is 15.5. The normalized spacial score (nSPS) is 26.9. The summed E-state index contributed by atoms with van der Waals surface area (Å²) >= 11 is 0. The van der Waals surface area contributed by atoms with Crippen LogP contribution in [-0.2, 0) is 6.42 Å². The van der Waals surface area contributed by atoms with E-state index in [1.54, 1.807) is 12.1 Å². The number of hydrogen-bond acceptors (Lipinski definition) is 1. The lowest BCUT2D eigenvalue weighted by Gasteiger charge is -2.38. The molecule has 0 radical (unpaired) electrons. The molecule has 20 heavy (non-hydrogen) atoms. The minimum atomic E-state index is -0.0395. The quantitative estimate of drug-likeness (QED) is 0.847. The molecule has 0 saturated heterocycles. The van der Waals surface area contributed by atoms with Gasteiger partial charge in [0.2, 0.25) is 0 Å². The Balaban J connectivity index is 2.09. The maximum absolute atomic E-state index is 13.9. The minimum Gasteiger partial charge on any atom is -0.319 e. The van der Waals surface area contributed by atoms with Gasteiger partial charge < -0.3 is 5.32 Å². The van der Waals surface area contributed by atoms with Gasteiger partial charge in [-0.15, -0.1) is 0 Å². The fourth-order valence-electron chi connectivity index (χ4n) is 3.70. The first-order valence-corrected chi connectivity index (χ1v) is 7.99. The zero-order chi connectivity index (χ0) is 14.5. The maximum atomic E-state index is 13.9. The van der Waals surface area contributed by atoms with Crippen LogP contribution in [0.2, 0.25) is 0 Å². The topological polar surface area (TPSA) is 12.0 Å².